The van der Waals surface area contributed by atoms with E-state index in [1.54, 1.807) is 29.9 Å². The Morgan fingerprint density at radius 2 is 2.12 bits per heavy atom. The van der Waals surface area contributed by atoms with Crippen molar-refractivity contribution in [3.05, 3.63) is 35.9 Å². The molecule has 0 aliphatic heterocycles. The van der Waals surface area contributed by atoms with Crippen molar-refractivity contribution in [2.45, 2.75) is 0 Å². The minimum atomic E-state index is -0.384. The number of anilines is 1. The first-order valence-corrected chi connectivity index (χ1v) is 5.10. The van der Waals surface area contributed by atoms with Crippen LogP contribution in [0.15, 0.2) is 30.3 Å². The molecule has 0 atom stereocenters. The third-order valence-electron chi connectivity index (χ3n) is 2.52. The number of benzene rings is 1. The van der Waals surface area contributed by atoms with Crippen molar-refractivity contribution < 1.29 is 9.53 Å². The number of carbonyl (C=O) groups is 1. The Balaban J connectivity index is 2.55. The number of hydrogen-bond acceptors (Lipinski definition) is 4. The summed E-state index contributed by atoms with van der Waals surface area (Å²) in [6.07, 6.45) is 0. The minimum Gasteiger partial charge on any atom is -0.465 e. The Hall–Kier alpha value is -2.30. The zero-order chi connectivity index (χ0) is 12.4. The minimum absolute atomic E-state index is 0.384. The van der Waals surface area contributed by atoms with E-state index >= 15 is 0 Å². The van der Waals surface area contributed by atoms with Crippen LogP contribution in [0.3, 0.4) is 0 Å². The highest BCUT2D eigenvalue weighted by Crippen LogP contribution is 2.24. The number of aryl methyl sites for hydroxylation is 1. The SMILES string of the molecule is COC(=O)c1ccccc1-c1cc(N)n(C)n1. The van der Waals surface area contributed by atoms with Crippen molar-refractivity contribution in [3.63, 3.8) is 0 Å². The van der Waals surface area contributed by atoms with E-state index in [2.05, 4.69) is 5.10 Å². The van der Waals surface area contributed by atoms with Crippen LogP contribution < -0.4 is 5.73 Å². The Morgan fingerprint density at radius 1 is 1.41 bits per heavy atom. The second-order valence-corrected chi connectivity index (χ2v) is 3.62. The van der Waals surface area contributed by atoms with Crippen molar-refractivity contribution in [3.8, 4) is 11.3 Å². The van der Waals surface area contributed by atoms with Gasteiger partial charge in [-0.25, -0.2) is 4.79 Å². The van der Waals surface area contributed by atoms with Gasteiger partial charge >= 0.3 is 5.97 Å². The second kappa shape index (κ2) is 4.29. The molecule has 0 saturated heterocycles. The number of esters is 1. The molecule has 2 N–H and O–H groups in total. The van der Waals surface area contributed by atoms with E-state index in [4.69, 9.17) is 10.5 Å². The second-order valence-electron chi connectivity index (χ2n) is 3.62. The van der Waals surface area contributed by atoms with E-state index in [-0.39, 0.29) is 5.97 Å². The predicted molar refractivity (Wildman–Crippen MR) is 64.4 cm³/mol. The normalized spacial score (nSPS) is 10.2. The van der Waals surface area contributed by atoms with Crippen molar-refractivity contribution in [2.75, 3.05) is 12.8 Å². The van der Waals surface area contributed by atoms with Crippen molar-refractivity contribution in [2.24, 2.45) is 7.05 Å². The molecule has 2 rings (SSSR count). The fourth-order valence-corrected chi connectivity index (χ4v) is 1.61. The van der Waals surface area contributed by atoms with Gasteiger partial charge in [0, 0.05) is 18.7 Å². The maximum absolute atomic E-state index is 11.6. The summed E-state index contributed by atoms with van der Waals surface area (Å²) in [7, 11) is 3.10. The first-order chi connectivity index (χ1) is 8.13. The highest BCUT2D eigenvalue weighted by Gasteiger charge is 2.14. The molecule has 0 bridgehead atoms. The third-order valence-corrected chi connectivity index (χ3v) is 2.52. The fourth-order valence-electron chi connectivity index (χ4n) is 1.61. The standard InChI is InChI=1S/C12H13N3O2/c1-15-11(13)7-10(14-15)8-5-3-4-6-9(8)12(16)17-2/h3-7H,13H2,1-2H3. The summed E-state index contributed by atoms with van der Waals surface area (Å²) >= 11 is 0. The van der Waals surface area contributed by atoms with Crippen LogP contribution in [0.25, 0.3) is 11.3 Å². The molecule has 88 valence electrons. The van der Waals surface area contributed by atoms with Crippen LogP contribution in [0.4, 0.5) is 5.82 Å². The lowest BCUT2D eigenvalue weighted by Gasteiger charge is -2.04. The van der Waals surface area contributed by atoms with Crippen LogP contribution in [-0.4, -0.2) is 22.9 Å². The van der Waals surface area contributed by atoms with Gasteiger partial charge in [0.25, 0.3) is 0 Å². The molecule has 1 heterocycles. The lowest BCUT2D eigenvalue weighted by molar-refractivity contribution is 0.0601. The summed E-state index contributed by atoms with van der Waals surface area (Å²) in [5, 5.41) is 4.24. The van der Waals surface area contributed by atoms with Gasteiger partial charge < -0.3 is 10.5 Å². The van der Waals surface area contributed by atoms with E-state index in [1.165, 1.54) is 7.11 Å². The van der Waals surface area contributed by atoms with Gasteiger partial charge in [0.2, 0.25) is 0 Å². The number of carbonyl (C=O) groups excluding carboxylic acids is 1. The Labute approximate surface area is 98.8 Å². The maximum Gasteiger partial charge on any atom is 0.338 e. The van der Waals surface area contributed by atoms with Crippen LogP contribution in [-0.2, 0) is 11.8 Å². The molecule has 5 heteroatoms. The number of nitrogen functional groups attached to an aromatic ring is 1. The molecule has 2 aromatic rings. The molecule has 0 aliphatic rings. The molecular formula is C12H13N3O2. The Morgan fingerprint density at radius 3 is 2.71 bits per heavy atom. The van der Waals surface area contributed by atoms with E-state index in [1.807, 2.05) is 12.1 Å². The first-order valence-electron chi connectivity index (χ1n) is 5.10. The number of nitrogens with two attached hydrogens (primary N) is 1. The molecule has 5 nitrogen and oxygen atoms in total. The molecule has 0 aliphatic carbocycles. The molecule has 0 amide bonds. The molecule has 0 radical (unpaired) electrons. The first kappa shape index (κ1) is 11.2. The van der Waals surface area contributed by atoms with E-state index in [9.17, 15) is 4.79 Å². The summed E-state index contributed by atoms with van der Waals surface area (Å²) in [6.45, 7) is 0. The van der Waals surface area contributed by atoms with Crippen LogP contribution in [0.5, 0.6) is 0 Å². The molecule has 17 heavy (non-hydrogen) atoms. The number of nitrogens with zero attached hydrogens (tertiary/aromatic N) is 2. The zero-order valence-corrected chi connectivity index (χ0v) is 9.68. The summed E-state index contributed by atoms with van der Waals surface area (Å²) in [6, 6.07) is 8.86. The van der Waals surface area contributed by atoms with Gasteiger partial charge in [-0.15, -0.1) is 0 Å². The molecular weight excluding hydrogens is 218 g/mol. The van der Waals surface area contributed by atoms with Gasteiger partial charge in [-0.1, -0.05) is 18.2 Å². The fraction of sp³-hybridized carbons (Fsp3) is 0.167. The summed E-state index contributed by atoms with van der Waals surface area (Å²) in [5.41, 5.74) is 7.57. The van der Waals surface area contributed by atoms with Crippen molar-refractivity contribution >= 4 is 11.8 Å². The van der Waals surface area contributed by atoms with Gasteiger partial charge in [0.05, 0.1) is 18.4 Å². The lowest BCUT2D eigenvalue weighted by Crippen LogP contribution is -2.03. The number of rotatable bonds is 2. The zero-order valence-electron chi connectivity index (χ0n) is 9.68. The molecule has 0 spiro atoms. The molecule has 1 aromatic carbocycles. The van der Waals surface area contributed by atoms with E-state index < -0.39 is 0 Å². The maximum atomic E-state index is 11.6. The third kappa shape index (κ3) is 1.99. The summed E-state index contributed by atoms with van der Waals surface area (Å²) in [4.78, 5) is 11.6. The quantitative estimate of drug-likeness (QED) is 0.794. The molecule has 0 fully saturated rings. The highest BCUT2D eigenvalue weighted by molar-refractivity contribution is 5.96. The predicted octanol–water partition coefficient (Wildman–Crippen LogP) is 1.46. The van der Waals surface area contributed by atoms with Crippen molar-refractivity contribution in [1.82, 2.24) is 9.78 Å². The van der Waals surface area contributed by atoms with Crippen molar-refractivity contribution in [1.29, 1.82) is 0 Å². The van der Waals surface area contributed by atoms with Gasteiger partial charge in [0.15, 0.2) is 0 Å². The number of methoxy groups -OCH3 is 1. The molecule has 0 unspecified atom stereocenters. The molecule has 1 aromatic heterocycles. The van der Waals surface area contributed by atoms with Gasteiger partial charge in [-0.2, -0.15) is 5.10 Å². The van der Waals surface area contributed by atoms with Gasteiger partial charge in [-0.05, 0) is 6.07 Å². The van der Waals surface area contributed by atoms with Crippen LogP contribution in [0.2, 0.25) is 0 Å². The highest BCUT2D eigenvalue weighted by atomic mass is 16.5. The largest absolute Gasteiger partial charge is 0.465 e. The summed E-state index contributed by atoms with van der Waals surface area (Å²) in [5.74, 6) is 0.157. The van der Waals surface area contributed by atoms with Crippen LogP contribution in [0.1, 0.15) is 10.4 Å². The van der Waals surface area contributed by atoms with Gasteiger partial charge in [-0.3, -0.25) is 4.68 Å². The van der Waals surface area contributed by atoms with E-state index in [0.29, 0.717) is 22.6 Å². The van der Waals surface area contributed by atoms with E-state index in [0.717, 1.165) is 0 Å². The number of aromatic nitrogens is 2. The monoisotopic (exact) mass is 231 g/mol. The lowest BCUT2D eigenvalue weighted by atomic mass is 10.0. The average molecular weight is 231 g/mol. The smallest absolute Gasteiger partial charge is 0.338 e. The number of hydrogen-bond donors (Lipinski definition) is 1. The average Bonchev–Trinajstić information content (AvgIpc) is 2.68. The molecule has 0 saturated carbocycles. The topological polar surface area (TPSA) is 70.1 Å². The van der Waals surface area contributed by atoms with Crippen LogP contribution >= 0.6 is 0 Å². The summed E-state index contributed by atoms with van der Waals surface area (Å²) < 4.78 is 6.29. The Bertz CT molecular complexity index is 541. The van der Waals surface area contributed by atoms with Gasteiger partial charge in [0.1, 0.15) is 5.82 Å². The number of ether oxygens (including phenoxy) is 1. The van der Waals surface area contributed by atoms with Crippen LogP contribution in [0, 0.1) is 0 Å². The Kier molecular flexibility index (Phi) is 2.82.